The van der Waals surface area contributed by atoms with Gasteiger partial charge in [0, 0.05) is 11.6 Å². The molecule has 0 spiro atoms. The van der Waals surface area contributed by atoms with E-state index >= 15 is 0 Å². The first-order chi connectivity index (χ1) is 8.50. The van der Waals surface area contributed by atoms with Gasteiger partial charge in [0.2, 0.25) is 0 Å². The van der Waals surface area contributed by atoms with Crippen molar-refractivity contribution in [3.05, 3.63) is 47.7 Å². The fourth-order valence-electron chi connectivity index (χ4n) is 1.74. The molecule has 2 rings (SSSR count). The highest BCUT2D eigenvalue weighted by molar-refractivity contribution is 5.70. The first kappa shape index (κ1) is 12.4. The molecule has 2 aromatic rings. The summed E-state index contributed by atoms with van der Waals surface area (Å²) in [5, 5.41) is 0. The van der Waals surface area contributed by atoms with Gasteiger partial charge in [0.05, 0.1) is 0 Å². The van der Waals surface area contributed by atoms with Crippen LogP contribution in [0.2, 0.25) is 0 Å². The third kappa shape index (κ3) is 2.62. The van der Waals surface area contributed by atoms with Gasteiger partial charge in [-0.3, -0.25) is 4.79 Å². The van der Waals surface area contributed by atoms with Gasteiger partial charge in [0.1, 0.15) is 5.75 Å². The van der Waals surface area contributed by atoms with E-state index in [1.165, 1.54) is 0 Å². The van der Waals surface area contributed by atoms with Crippen molar-refractivity contribution in [2.45, 2.75) is 26.2 Å². The highest BCUT2D eigenvalue weighted by Gasteiger charge is 2.19. The Hall–Kier alpha value is -2.03. The average Bonchev–Trinajstić information content (AvgIpc) is 2.76. The summed E-state index contributed by atoms with van der Waals surface area (Å²) in [6.45, 7) is 6.36. The Morgan fingerprint density at radius 2 is 1.83 bits per heavy atom. The molecule has 94 valence electrons. The van der Waals surface area contributed by atoms with Crippen LogP contribution in [0.4, 0.5) is 0 Å². The molecular weight excluding hydrogens is 228 g/mol. The van der Waals surface area contributed by atoms with Gasteiger partial charge in [0.25, 0.3) is 5.95 Å². The quantitative estimate of drug-likeness (QED) is 0.760. The standard InChI is InChI=1S/C15H16O3/c1-15(2,3)12-6-4-5-7-13(12)18-14-9-8-11(10-16)17-14/h4-10H,1-3H3. The van der Waals surface area contributed by atoms with Crippen molar-refractivity contribution < 1.29 is 13.9 Å². The van der Waals surface area contributed by atoms with Crippen LogP contribution in [-0.4, -0.2) is 6.29 Å². The van der Waals surface area contributed by atoms with Crippen molar-refractivity contribution in [1.82, 2.24) is 0 Å². The topological polar surface area (TPSA) is 39.4 Å². The lowest BCUT2D eigenvalue weighted by atomic mass is 9.86. The number of hydrogen-bond acceptors (Lipinski definition) is 3. The Bertz CT molecular complexity index is 547. The van der Waals surface area contributed by atoms with E-state index in [0.717, 1.165) is 11.3 Å². The minimum atomic E-state index is -0.0172. The Morgan fingerprint density at radius 1 is 1.11 bits per heavy atom. The predicted octanol–water partition coefficient (Wildman–Crippen LogP) is 4.18. The number of para-hydroxylation sites is 1. The van der Waals surface area contributed by atoms with E-state index in [-0.39, 0.29) is 11.2 Å². The van der Waals surface area contributed by atoms with E-state index in [0.29, 0.717) is 12.2 Å². The number of ether oxygens (including phenoxy) is 1. The summed E-state index contributed by atoms with van der Waals surface area (Å²) in [4.78, 5) is 10.5. The number of carbonyl (C=O) groups is 1. The van der Waals surface area contributed by atoms with E-state index in [2.05, 4.69) is 20.8 Å². The summed E-state index contributed by atoms with van der Waals surface area (Å²) >= 11 is 0. The third-order valence-corrected chi connectivity index (χ3v) is 2.62. The fraction of sp³-hybridized carbons (Fsp3) is 0.267. The molecule has 0 saturated carbocycles. The Balaban J connectivity index is 2.31. The molecule has 0 aliphatic rings. The molecule has 3 nitrogen and oxygen atoms in total. The highest BCUT2D eigenvalue weighted by Crippen LogP contribution is 2.34. The van der Waals surface area contributed by atoms with Gasteiger partial charge in [-0.2, -0.15) is 0 Å². The Morgan fingerprint density at radius 3 is 2.44 bits per heavy atom. The smallest absolute Gasteiger partial charge is 0.290 e. The summed E-state index contributed by atoms with van der Waals surface area (Å²) in [5.41, 5.74) is 1.07. The molecule has 0 aliphatic carbocycles. The number of aldehydes is 1. The number of carbonyl (C=O) groups excluding carboxylic acids is 1. The van der Waals surface area contributed by atoms with Gasteiger partial charge >= 0.3 is 0 Å². The SMILES string of the molecule is CC(C)(C)c1ccccc1Oc1ccc(C=O)o1. The zero-order chi connectivity index (χ0) is 13.2. The number of hydrogen-bond donors (Lipinski definition) is 0. The lowest BCUT2D eigenvalue weighted by Crippen LogP contribution is -2.12. The number of furan rings is 1. The first-order valence-electron chi connectivity index (χ1n) is 5.83. The second-order valence-electron chi connectivity index (χ2n) is 5.12. The Kier molecular flexibility index (Phi) is 3.24. The van der Waals surface area contributed by atoms with E-state index < -0.39 is 0 Å². The van der Waals surface area contributed by atoms with E-state index in [1.807, 2.05) is 24.3 Å². The molecule has 18 heavy (non-hydrogen) atoms. The molecule has 0 N–H and O–H groups in total. The maximum Gasteiger partial charge on any atom is 0.290 e. The number of rotatable bonds is 3. The van der Waals surface area contributed by atoms with Gasteiger partial charge in [-0.25, -0.2) is 0 Å². The molecule has 0 unspecified atom stereocenters. The van der Waals surface area contributed by atoms with Crippen LogP contribution in [0.15, 0.2) is 40.8 Å². The van der Waals surface area contributed by atoms with E-state index in [4.69, 9.17) is 9.15 Å². The predicted molar refractivity (Wildman–Crippen MR) is 69.3 cm³/mol. The fourth-order valence-corrected chi connectivity index (χ4v) is 1.74. The maximum absolute atomic E-state index is 10.5. The number of benzene rings is 1. The molecule has 0 radical (unpaired) electrons. The molecule has 1 heterocycles. The summed E-state index contributed by atoms with van der Waals surface area (Å²) in [6, 6.07) is 11.0. The van der Waals surface area contributed by atoms with Gasteiger partial charge < -0.3 is 9.15 Å². The van der Waals surface area contributed by atoms with Crippen LogP contribution in [0, 0.1) is 0 Å². The molecule has 0 atom stereocenters. The molecule has 0 saturated heterocycles. The lowest BCUT2D eigenvalue weighted by molar-refractivity contribution is 0.109. The lowest BCUT2D eigenvalue weighted by Gasteiger charge is -2.21. The zero-order valence-electron chi connectivity index (χ0n) is 10.8. The molecule has 0 amide bonds. The van der Waals surface area contributed by atoms with Crippen LogP contribution in [-0.2, 0) is 5.41 Å². The molecule has 0 fully saturated rings. The zero-order valence-corrected chi connectivity index (χ0v) is 10.8. The van der Waals surface area contributed by atoms with Crippen LogP contribution >= 0.6 is 0 Å². The van der Waals surface area contributed by atoms with Crippen molar-refractivity contribution in [2.24, 2.45) is 0 Å². The first-order valence-corrected chi connectivity index (χ1v) is 5.83. The monoisotopic (exact) mass is 244 g/mol. The molecule has 1 aromatic heterocycles. The van der Waals surface area contributed by atoms with Crippen molar-refractivity contribution in [3.8, 4) is 11.7 Å². The minimum Gasteiger partial charge on any atom is -0.426 e. The normalized spacial score (nSPS) is 11.3. The third-order valence-electron chi connectivity index (χ3n) is 2.62. The molecule has 3 heteroatoms. The van der Waals surface area contributed by atoms with Crippen LogP contribution in [0.25, 0.3) is 0 Å². The van der Waals surface area contributed by atoms with Crippen molar-refractivity contribution in [3.63, 3.8) is 0 Å². The molecule has 0 bridgehead atoms. The van der Waals surface area contributed by atoms with Gasteiger partial charge in [-0.1, -0.05) is 39.0 Å². The van der Waals surface area contributed by atoms with Crippen LogP contribution in [0.3, 0.4) is 0 Å². The van der Waals surface area contributed by atoms with Crippen molar-refractivity contribution in [2.75, 3.05) is 0 Å². The maximum atomic E-state index is 10.5. The van der Waals surface area contributed by atoms with Gasteiger partial charge in [0.15, 0.2) is 12.0 Å². The minimum absolute atomic E-state index is 0.0172. The summed E-state index contributed by atoms with van der Waals surface area (Å²) in [7, 11) is 0. The molecule has 1 aromatic carbocycles. The summed E-state index contributed by atoms with van der Waals surface area (Å²) in [5.74, 6) is 1.34. The summed E-state index contributed by atoms with van der Waals surface area (Å²) < 4.78 is 10.9. The van der Waals surface area contributed by atoms with Gasteiger partial charge in [-0.05, 0) is 17.5 Å². The highest BCUT2D eigenvalue weighted by atomic mass is 16.6. The molecule has 0 aliphatic heterocycles. The van der Waals surface area contributed by atoms with E-state index in [9.17, 15) is 4.79 Å². The Labute approximate surface area is 106 Å². The van der Waals surface area contributed by atoms with Crippen LogP contribution < -0.4 is 4.74 Å². The summed E-state index contributed by atoms with van der Waals surface area (Å²) in [6.07, 6.45) is 0.655. The van der Waals surface area contributed by atoms with Crippen LogP contribution in [0.1, 0.15) is 36.9 Å². The van der Waals surface area contributed by atoms with Crippen LogP contribution in [0.5, 0.6) is 11.7 Å². The van der Waals surface area contributed by atoms with Crippen molar-refractivity contribution >= 4 is 6.29 Å². The van der Waals surface area contributed by atoms with Gasteiger partial charge in [-0.15, -0.1) is 0 Å². The van der Waals surface area contributed by atoms with Crippen molar-refractivity contribution in [1.29, 1.82) is 0 Å². The largest absolute Gasteiger partial charge is 0.426 e. The average molecular weight is 244 g/mol. The second-order valence-corrected chi connectivity index (χ2v) is 5.12. The van der Waals surface area contributed by atoms with E-state index in [1.54, 1.807) is 12.1 Å². The molecular formula is C15H16O3. The second kappa shape index (κ2) is 4.69.